The molecule has 3 heteroatoms. The Morgan fingerprint density at radius 2 is 2.00 bits per heavy atom. The molecule has 0 saturated heterocycles. The molecular formula is C10H24N2O. The van der Waals surface area contributed by atoms with Crippen molar-refractivity contribution < 1.29 is 4.74 Å². The highest BCUT2D eigenvalue weighted by Gasteiger charge is 2.11. The zero-order valence-corrected chi connectivity index (χ0v) is 9.42. The van der Waals surface area contributed by atoms with E-state index in [1.807, 2.05) is 0 Å². The third kappa shape index (κ3) is 6.02. The van der Waals surface area contributed by atoms with Crippen LogP contribution >= 0.6 is 0 Å². The quantitative estimate of drug-likeness (QED) is 0.646. The summed E-state index contributed by atoms with van der Waals surface area (Å²) in [6, 6.07) is 0.491. The van der Waals surface area contributed by atoms with E-state index < -0.39 is 0 Å². The lowest BCUT2D eigenvalue weighted by Gasteiger charge is -2.26. The summed E-state index contributed by atoms with van der Waals surface area (Å²) < 4.78 is 5.10. The molecule has 13 heavy (non-hydrogen) atoms. The Balaban J connectivity index is 3.64. The summed E-state index contributed by atoms with van der Waals surface area (Å²) in [5, 5.41) is 0. The van der Waals surface area contributed by atoms with Crippen LogP contribution in [0, 0.1) is 5.92 Å². The summed E-state index contributed by atoms with van der Waals surface area (Å²) in [7, 11) is 3.88. The van der Waals surface area contributed by atoms with Crippen LogP contribution < -0.4 is 5.73 Å². The highest BCUT2D eigenvalue weighted by Crippen LogP contribution is 2.05. The Morgan fingerprint density at radius 1 is 1.38 bits per heavy atom. The van der Waals surface area contributed by atoms with Gasteiger partial charge < -0.3 is 15.4 Å². The maximum atomic E-state index is 5.50. The van der Waals surface area contributed by atoms with E-state index >= 15 is 0 Å². The normalized spacial score (nSPS) is 16.2. The molecule has 0 heterocycles. The van der Waals surface area contributed by atoms with Gasteiger partial charge in [-0.15, -0.1) is 0 Å². The molecule has 0 fully saturated rings. The smallest absolute Gasteiger partial charge is 0.0615 e. The molecule has 0 aliphatic heterocycles. The molecule has 0 saturated carbocycles. The zero-order chi connectivity index (χ0) is 10.3. The van der Waals surface area contributed by atoms with Gasteiger partial charge in [0.2, 0.25) is 0 Å². The first-order valence-corrected chi connectivity index (χ1v) is 5.01. The number of hydrogen-bond acceptors (Lipinski definition) is 3. The van der Waals surface area contributed by atoms with Crippen molar-refractivity contribution in [1.29, 1.82) is 0 Å². The van der Waals surface area contributed by atoms with Crippen LogP contribution in [0.15, 0.2) is 0 Å². The molecule has 0 aromatic rings. The first-order chi connectivity index (χ1) is 6.11. The van der Waals surface area contributed by atoms with Gasteiger partial charge in [-0.2, -0.15) is 0 Å². The van der Waals surface area contributed by atoms with Crippen molar-refractivity contribution in [2.24, 2.45) is 11.7 Å². The zero-order valence-electron chi connectivity index (χ0n) is 9.42. The molecule has 0 rings (SSSR count). The molecular weight excluding hydrogens is 164 g/mol. The number of likely N-dealkylation sites (N-methyl/N-ethyl adjacent to an activating group) is 1. The third-order valence-corrected chi connectivity index (χ3v) is 2.42. The standard InChI is InChI=1S/C10H24N2O/c1-9(5-6-11)7-12(3)10(2)8-13-4/h9-10H,5-8,11H2,1-4H3. The summed E-state index contributed by atoms with van der Waals surface area (Å²) in [6.07, 6.45) is 1.10. The Morgan fingerprint density at radius 3 is 2.46 bits per heavy atom. The molecule has 0 bridgehead atoms. The van der Waals surface area contributed by atoms with Gasteiger partial charge in [-0.3, -0.25) is 0 Å². The molecule has 0 aromatic carbocycles. The van der Waals surface area contributed by atoms with Gasteiger partial charge >= 0.3 is 0 Å². The van der Waals surface area contributed by atoms with Crippen LogP contribution in [0.1, 0.15) is 20.3 Å². The van der Waals surface area contributed by atoms with Gasteiger partial charge in [-0.05, 0) is 32.9 Å². The van der Waals surface area contributed by atoms with Gasteiger partial charge in [-0.1, -0.05) is 6.92 Å². The SMILES string of the molecule is COCC(C)N(C)CC(C)CCN. The lowest BCUT2D eigenvalue weighted by molar-refractivity contribution is 0.106. The Hall–Kier alpha value is -0.120. The fraction of sp³-hybridized carbons (Fsp3) is 1.00. The Labute approximate surface area is 82.2 Å². The summed E-state index contributed by atoms with van der Waals surface area (Å²) in [5.41, 5.74) is 5.50. The van der Waals surface area contributed by atoms with Crippen LogP contribution in [-0.4, -0.2) is 44.8 Å². The van der Waals surface area contributed by atoms with Crippen molar-refractivity contribution in [2.75, 3.05) is 33.9 Å². The molecule has 0 aliphatic carbocycles. The summed E-state index contributed by atoms with van der Waals surface area (Å²) in [6.45, 7) is 7.10. The third-order valence-electron chi connectivity index (χ3n) is 2.42. The van der Waals surface area contributed by atoms with Gasteiger partial charge in [0.05, 0.1) is 6.61 Å². The van der Waals surface area contributed by atoms with Gasteiger partial charge in [0, 0.05) is 19.7 Å². The fourth-order valence-corrected chi connectivity index (χ4v) is 1.42. The van der Waals surface area contributed by atoms with Crippen molar-refractivity contribution in [3.05, 3.63) is 0 Å². The lowest BCUT2D eigenvalue weighted by Crippen LogP contribution is -2.36. The van der Waals surface area contributed by atoms with Crippen LogP contribution in [0.3, 0.4) is 0 Å². The number of nitrogens with zero attached hydrogens (tertiary/aromatic N) is 1. The van der Waals surface area contributed by atoms with Gasteiger partial charge in [-0.25, -0.2) is 0 Å². The highest BCUT2D eigenvalue weighted by atomic mass is 16.5. The van der Waals surface area contributed by atoms with E-state index in [1.165, 1.54) is 0 Å². The summed E-state index contributed by atoms with van der Waals surface area (Å²) in [4.78, 5) is 2.32. The molecule has 0 spiro atoms. The van der Waals surface area contributed by atoms with Crippen molar-refractivity contribution >= 4 is 0 Å². The van der Waals surface area contributed by atoms with E-state index in [-0.39, 0.29) is 0 Å². The molecule has 0 aromatic heterocycles. The maximum absolute atomic E-state index is 5.50. The number of rotatable bonds is 7. The minimum Gasteiger partial charge on any atom is -0.383 e. The van der Waals surface area contributed by atoms with Crippen LogP contribution in [0.25, 0.3) is 0 Å². The molecule has 3 nitrogen and oxygen atoms in total. The van der Waals surface area contributed by atoms with Gasteiger partial charge in [0.15, 0.2) is 0 Å². The van der Waals surface area contributed by atoms with E-state index in [0.29, 0.717) is 12.0 Å². The first kappa shape index (κ1) is 12.9. The van der Waals surface area contributed by atoms with E-state index in [0.717, 1.165) is 26.1 Å². The fourth-order valence-electron chi connectivity index (χ4n) is 1.42. The average Bonchev–Trinajstić information content (AvgIpc) is 2.05. The van der Waals surface area contributed by atoms with E-state index in [4.69, 9.17) is 10.5 Å². The molecule has 2 N–H and O–H groups in total. The second-order valence-electron chi connectivity index (χ2n) is 3.93. The number of ether oxygens (including phenoxy) is 1. The van der Waals surface area contributed by atoms with Crippen molar-refractivity contribution in [3.8, 4) is 0 Å². The van der Waals surface area contributed by atoms with Crippen LogP contribution in [0.2, 0.25) is 0 Å². The largest absolute Gasteiger partial charge is 0.383 e. The second kappa shape index (κ2) is 7.30. The summed E-state index contributed by atoms with van der Waals surface area (Å²) >= 11 is 0. The molecule has 2 atom stereocenters. The van der Waals surface area contributed by atoms with E-state index in [9.17, 15) is 0 Å². The van der Waals surface area contributed by atoms with Crippen molar-refractivity contribution in [3.63, 3.8) is 0 Å². The predicted molar refractivity (Wildman–Crippen MR) is 56.8 cm³/mol. The van der Waals surface area contributed by atoms with Crippen molar-refractivity contribution in [1.82, 2.24) is 4.90 Å². The number of nitrogens with two attached hydrogens (primary N) is 1. The minimum absolute atomic E-state index is 0.491. The van der Waals surface area contributed by atoms with Gasteiger partial charge in [0.25, 0.3) is 0 Å². The van der Waals surface area contributed by atoms with Crippen LogP contribution in [-0.2, 0) is 4.74 Å². The molecule has 0 aliphatic rings. The van der Waals surface area contributed by atoms with Gasteiger partial charge in [0.1, 0.15) is 0 Å². The predicted octanol–water partition coefficient (Wildman–Crippen LogP) is 0.938. The average molecular weight is 188 g/mol. The highest BCUT2D eigenvalue weighted by molar-refractivity contribution is 4.65. The van der Waals surface area contributed by atoms with Crippen molar-refractivity contribution in [2.45, 2.75) is 26.3 Å². The molecule has 0 amide bonds. The molecule has 2 unspecified atom stereocenters. The monoisotopic (exact) mass is 188 g/mol. The molecule has 80 valence electrons. The summed E-state index contributed by atoms with van der Waals surface area (Å²) in [5.74, 6) is 0.675. The van der Waals surface area contributed by atoms with E-state index in [2.05, 4.69) is 25.8 Å². The van der Waals surface area contributed by atoms with E-state index in [1.54, 1.807) is 7.11 Å². The first-order valence-electron chi connectivity index (χ1n) is 5.01. The van der Waals surface area contributed by atoms with Crippen LogP contribution in [0.5, 0.6) is 0 Å². The number of hydrogen-bond donors (Lipinski definition) is 1. The minimum atomic E-state index is 0.491. The lowest BCUT2D eigenvalue weighted by atomic mass is 10.1. The maximum Gasteiger partial charge on any atom is 0.0615 e. The van der Waals surface area contributed by atoms with Crippen LogP contribution in [0.4, 0.5) is 0 Å². The molecule has 0 radical (unpaired) electrons. The number of methoxy groups -OCH3 is 1. The Kier molecular flexibility index (Phi) is 7.23. The topological polar surface area (TPSA) is 38.5 Å². The Bertz CT molecular complexity index is 119. The second-order valence-corrected chi connectivity index (χ2v) is 3.93.